The van der Waals surface area contributed by atoms with E-state index in [1.165, 1.54) is 35.3 Å². The molecule has 24 heteroatoms. The minimum atomic E-state index is -5.08. The Hall–Kier alpha value is -5.56. The number of phenols is 1. The summed E-state index contributed by atoms with van der Waals surface area (Å²) in [7, 11) is 0. The van der Waals surface area contributed by atoms with Gasteiger partial charge < -0.3 is 54.9 Å². The fourth-order valence-electron chi connectivity index (χ4n) is 8.92. The number of likely N-dealkylation sites (tertiary alicyclic amines) is 1. The van der Waals surface area contributed by atoms with Gasteiger partial charge in [0.25, 0.3) is 11.8 Å². The number of aliphatic carboxylic acids is 2. The second kappa shape index (κ2) is 27.7. The number of carbonyl (C=O) groups excluding carboxylic acids is 3. The van der Waals surface area contributed by atoms with Gasteiger partial charge in [0.1, 0.15) is 17.1 Å². The van der Waals surface area contributed by atoms with Crippen LogP contribution in [0, 0.1) is 6.92 Å². The van der Waals surface area contributed by atoms with E-state index in [0.717, 1.165) is 81.6 Å². The van der Waals surface area contributed by atoms with Crippen molar-refractivity contribution in [3.63, 3.8) is 0 Å². The van der Waals surface area contributed by atoms with Gasteiger partial charge in [-0.1, -0.05) is 56.0 Å². The lowest BCUT2D eigenvalue weighted by Crippen LogP contribution is -2.58. The fraction of sp³-hybridized carbons (Fsp3) is 0.592. The molecule has 1 aliphatic carbocycles. The summed E-state index contributed by atoms with van der Waals surface area (Å²) in [6, 6.07) is 12.5. The van der Waals surface area contributed by atoms with E-state index >= 15 is 0 Å². The highest BCUT2D eigenvalue weighted by molar-refractivity contribution is 7.09. The largest absolute Gasteiger partial charge is 0.506 e. The topological polar surface area (TPSA) is 220 Å². The number of benzene rings is 2. The van der Waals surface area contributed by atoms with Crippen molar-refractivity contribution in [2.45, 2.75) is 108 Å². The van der Waals surface area contributed by atoms with Crippen LogP contribution >= 0.6 is 11.3 Å². The number of halogens is 6. The van der Waals surface area contributed by atoms with Crippen molar-refractivity contribution in [3.8, 4) is 11.5 Å². The fourth-order valence-corrected chi connectivity index (χ4v) is 9.51. The highest BCUT2D eigenvalue weighted by atomic mass is 32.1. The van der Waals surface area contributed by atoms with Gasteiger partial charge in [0.2, 0.25) is 5.91 Å². The van der Waals surface area contributed by atoms with Crippen LogP contribution in [-0.4, -0.2) is 167 Å². The van der Waals surface area contributed by atoms with Crippen molar-refractivity contribution in [1.29, 1.82) is 0 Å². The van der Waals surface area contributed by atoms with Crippen LogP contribution in [0.3, 0.4) is 0 Å². The maximum Gasteiger partial charge on any atom is 0.490 e. The van der Waals surface area contributed by atoms with Crippen LogP contribution in [0.4, 0.5) is 32.0 Å². The average molecular weight is 1060 g/mol. The Morgan fingerprint density at radius 1 is 0.890 bits per heavy atom. The molecule has 0 radical (unpaired) electrons. The van der Waals surface area contributed by atoms with E-state index in [1.807, 2.05) is 23.3 Å². The molecule has 2 aromatic carbocycles. The van der Waals surface area contributed by atoms with Gasteiger partial charge in [0.05, 0.1) is 43.4 Å². The van der Waals surface area contributed by atoms with Crippen LogP contribution in [0.2, 0.25) is 0 Å². The molecule has 5 N–H and O–H groups in total. The van der Waals surface area contributed by atoms with Crippen molar-refractivity contribution in [1.82, 2.24) is 25.0 Å². The van der Waals surface area contributed by atoms with Crippen LogP contribution in [0.15, 0.2) is 41.8 Å². The van der Waals surface area contributed by atoms with Gasteiger partial charge in [0, 0.05) is 50.7 Å². The number of fused-ring (bicyclic) bond motifs is 1. The van der Waals surface area contributed by atoms with Gasteiger partial charge in [-0.15, -0.1) is 11.3 Å². The zero-order chi connectivity index (χ0) is 53.2. The summed E-state index contributed by atoms with van der Waals surface area (Å²) in [6.07, 6.45) is 1.42. The SMILES string of the molecule is Cc1nc(C(=O)N2CCOC3(CCN(CCc4ccc(CCOCCC(=O)N(CCNCCc5ccc(O)c6c5OCC(=O)N6)C5CCCCCC5)cc4)CC3)C2)cs1.O=C(O)C(F)(F)F.O=C(O)C(F)(F)F. The second-order valence-electron chi connectivity index (χ2n) is 18.2. The number of hydrogen-bond acceptors (Lipinski definition) is 13. The summed E-state index contributed by atoms with van der Waals surface area (Å²) in [5, 5.41) is 33.4. The number of piperidine rings is 1. The number of ether oxygens (including phenoxy) is 3. The third-order valence-electron chi connectivity index (χ3n) is 12.9. The number of rotatable bonds is 17. The molecule has 2 saturated heterocycles. The summed E-state index contributed by atoms with van der Waals surface area (Å²) in [5.74, 6) is -5.08. The number of nitrogens with zero attached hydrogens (tertiary/aromatic N) is 4. The van der Waals surface area contributed by atoms with Crippen LogP contribution in [0.1, 0.15) is 90.0 Å². The average Bonchev–Trinajstić information content (AvgIpc) is 3.61. The van der Waals surface area contributed by atoms with Crippen molar-refractivity contribution in [2.24, 2.45) is 0 Å². The standard InChI is InChI=1S/C45H62N6O7S.2C2HF3O2/c1-33-47-38(31-59-33)44(55)50-26-29-58-45(32-50)18-23-49(24-19-45)22-15-34-8-10-35(11-9-34)16-27-56-28-17-41(54)51(37-6-4-2-3-5-7-37)25-21-46-20-14-36-12-13-39(52)42-43(36)57-30-40(53)48-42;2*3-2(4,5)1(6)7/h8-13,31,37,46,52H,2-7,14-30,32H2,1H3,(H,48,53);2*(H,6,7). The molecule has 1 spiro atoms. The molecule has 73 heavy (non-hydrogen) atoms. The molecule has 404 valence electrons. The molecule has 4 heterocycles. The molecular formula is C49H64F6N6O11S. The predicted molar refractivity (Wildman–Crippen MR) is 256 cm³/mol. The molecular weight excluding hydrogens is 995 g/mol. The third-order valence-corrected chi connectivity index (χ3v) is 13.7. The minimum Gasteiger partial charge on any atom is -0.506 e. The van der Waals surface area contributed by atoms with Crippen molar-refractivity contribution < 1.29 is 79.8 Å². The Bertz CT molecular complexity index is 2260. The normalized spacial score (nSPS) is 17.1. The van der Waals surface area contributed by atoms with Crippen molar-refractivity contribution in [2.75, 3.05) is 84.1 Å². The predicted octanol–water partition coefficient (Wildman–Crippen LogP) is 6.64. The summed E-state index contributed by atoms with van der Waals surface area (Å²) < 4.78 is 81.4. The Balaban J connectivity index is 0.000000619. The number of morpholine rings is 1. The number of amides is 3. The number of aromatic nitrogens is 1. The van der Waals surface area contributed by atoms with Crippen LogP contribution < -0.4 is 15.4 Å². The summed E-state index contributed by atoms with van der Waals surface area (Å²) >= 11 is 1.52. The number of carboxylic acid groups (broad SMARTS) is 2. The lowest BCUT2D eigenvalue weighted by molar-refractivity contribution is -0.193. The molecule has 1 aromatic heterocycles. The molecule has 4 aliphatic rings. The van der Waals surface area contributed by atoms with E-state index in [4.69, 9.17) is 34.0 Å². The van der Waals surface area contributed by atoms with Gasteiger partial charge >= 0.3 is 24.3 Å². The van der Waals surface area contributed by atoms with E-state index in [2.05, 4.69) is 49.7 Å². The molecule has 3 fully saturated rings. The highest BCUT2D eigenvalue weighted by Gasteiger charge is 2.42. The minimum absolute atomic E-state index is 0.00189. The maximum atomic E-state index is 13.6. The lowest BCUT2D eigenvalue weighted by atomic mass is 9.89. The first-order chi connectivity index (χ1) is 34.6. The number of aromatic hydroxyl groups is 1. The van der Waals surface area contributed by atoms with Crippen LogP contribution in [-0.2, 0) is 47.9 Å². The first-order valence-corrected chi connectivity index (χ1v) is 25.1. The van der Waals surface area contributed by atoms with Crippen LogP contribution in [0.25, 0.3) is 0 Å². The molecule has 17 nitrogen and oxygen atoms in total. The first-order valence-electron chi connectivity index (χ1n) is 24.3. The number of thiazole rings is 1. The maximum absolute atomic E-state index is 13.6. The quantitative estimate of drug-likeness (QED) is 0.0415. The third kappa shape index (κ3) is 18.7. The zero-order valence-electron chi connectivity index (χ0n) is 40.7. The highest BCUT2D eigenvalue weighted by Crippen LogP contribution is 2.39. The second-order valence-corrected chi connectivity index (χ2v) is 19.2. The summed E-state index contributed by atoms with van der Waals surface area (Å²) in [6.45, 7) is 9.65. The van der Waals surface area contributed by atoms with Crippen molar-refractivity contribution in [3.05, 3.63) is 69.2 Å². The first kappa shape index (κ1) is 58.3. The van der Waals surface area contributed by atoms with Crippen LogP contribution in [0.5, 0.6) is 11.5 Å². The van der Waals surface area contributed by atoms with E-state index < -0.39 is 24.3 Å². The van der Waals surface area contributed by atoms with Gasteiger partial charge in [-0.05, 0) is 81.2 Å². The number of phenolic OH excluding ortho intramolecular Hbond substituents is 1. The number of carbonyl (C=O) groups is 5. The van der Waals surface area contributed by atoms with Gasteiger partial charge in [-0.3, -0.25) is 14.4 Å². The lowest BCUT2D eigenvalue weighted by Gasteiger charge is -2.47. The molecule has 0 bridgehead atoms. The molecule has 1 saturated carbocycles. The molecule has 3 aliphatic heterocycles. The summed E-state index contributed by atoms with van der Waals surface area (Å²) in [5.41, 5.74) is 4.10. The van der Waals surface area contributed by atoms with Gasteiger partial charge in [-0.25, -0.2) is 14.6 Å². The van der Waals surface area contributed by atoms with E-state index in [-0.39, 0.29) is 41.7 Å². The Morgan fingerprint density at radius 2 is 1.52 bits per heavy atom. The molecule has 0 unspecified atom stereocenters. The zero-order valence-corrected chi connectivity index (χ0v) is 41.5. The Labute approximate surface area is 423 Å². The number of anilines is 1. The monoisotopic (exact) mass is 1060 g/mol. The van der Waals surface area contributed by atoms with Crippen molar-refractivity contribution >= 4 is 46.7 Å². The van der Waals surface area contributed by atoms with E-state index in [1.54, 1.807) is 6.07 Å². The number of aryl methyl sites for hydroxylation is 1. The number of nitrogens with one attached hydrogen (secondary N) is 2. The van der Waals surface area contributed by atoms with Gasteiger partial charge in [0.15, 0.2) is 12.4 Å². The van der Waals surface area contributed by atoms with E-state index in [0.29, 0.717) is 82.5 Å². The molecule has 7 rings (SSSR count). The number of carboxylic acids is 2. The van der Waals surface area contributed by atoms with Gasteiger partial charge in [-0.2, -0.15) is 26.3 Å². The molecule has 3 aromatic rings. The Morgan fingerprint density at radius 3 is 2.12 bits per heavy atom. The molecule has 3 amide bonds. The Kier molecular flexibility index (Phi) is 22.1. The number of alkyl halides is 6. The smallest absolute Gasteiger partial charge is 0.490 e. The summed E-state index contributed by atoms with van der Waals surface area (Å²) in [4.78, 5) is 67.1. The number of hydrogen-bond donors (Lipinski definition) is 5. The molecule has 0 atom stereocenters. The van der Waals surface area contributed by atoms with E-state index in [9.17, 15) is 45.8 Å².